The third-order valence-electron chi connectivity index (χ3n) is 16.3. The molecule has 0 aromatic heterocycles. The van der Waals surface area contributed by atoms with Crippen molar-refractivity contribution in [2.75, 3.05) is 13.2 Å². The second-order valence-corrected chi connectivity index (χ2v) is 24.2. The van der Waals surface area contributed by atoms with Crippen molar-refractivity contribution >= 4 is 17.9 Å². The second-order valence-electron chi connectivity index (χ2n) is 24.2. The van der Waals surface area contributed by atoms with E-state index in [9.17, 15) is 14.4 Å². The lowest BCUT2D eigenvalue weighted by Crippen LogP contribution is -2.30. The number of ether oxygens (including phenoxy) is 3. The summed E-state index contributed by atoms with van der Waals surface area (Å²) < 4.78 is 17.0. The molecule has 1 unspecified atom stereocenters. The topological polar surface area (TPSA) is 78.9 Å². The standard InChI is InChI=1S/C71H136O6/c1-4-7-10-13-16-19-22-25-27-29-30-31-32-33-34-35-36-37-38-39-40-42-43-46-49-52-55-58-61-64-70(73)76-67-68(66-75-69(72)63-60-57-54-51-48-45-24-21-18-15-12-9-6-3)77-71(74)65-62-59-56-53-50-47-44-41-28-26-23-20-17-14-11-8-5-2/h26,28,68H,4-25,27,29-67H2,1-3H3/b28-26-. The van der Waals surface area contributed by atoms with Gasteiger partial charge >= 0.3 is 17.9 Å². The van der Waals surface area contributed by atoms with Gasteiger partial charge < -0.3 is 14.2 Å². The Bertz CT molecular complexity index is 1200. The molecule has 0 amide bonds. The normalized spacial score (nSPS) is 12.0. The maximum absolute atomic E-state index is 12.9. The molecule has 6 nitrogen and oxygen atoms in total. The van der Waals surface area contributed by atoms with Gasteiger partial charge in [0, 0.05) is 19.3 Å². The lowest BCUT2D eigenvalue weighted by atomic mass is 10.0. The van der Waals surface area contributed by atoms with E-state index in [-0.39, 0.29) is 31.1 Å². The van der Waals surface area contributed by atoms with Crippen LogP contribution in [0, 0.1) is 0 Å². The molecule has 0 saturated heterocycles. The number of unbranched alkanes of at least 4 members (excludes halogenated alkanes) is 53. The van der Waals surface area contributed by atoms with Crippen LogP contribution in [-0.4, -0.2) is 37.2 Å². The molecule has 0 spiro atoms. The molecular formula is C71H136O6. The number of hydrogen-bond acceptors (Lipinski definition) is 6. The number of hydrogen-bond donors (Lipinski definition) is 0. The van der Waals surface area contributed by atoms with Gasteiger partial charge in [-0.25, -0.2) is 0 Å². The summed E-state index contributed by atoms with van der Waals surface area (Å²) in [5, 5.41) is 0. The van der Waals surface area contributed by atoms with E-state index in [0.29, 0.717) is 19.3 Å². The van der Waals surface area contributed by atoms with Gasteiger partial charge in [0.05, 0.1) is 0 Å². The van der Waals surface area contributed by atoms with E-state index < -0.39 is 6.10 Å². The zero-order valence-corrected chi connectivity index (χ0v) is 52.5. The van der Waals surface area contributed by atoms with Crippen molar-refractivity contribution in [2.24, 2.45) is 0 Å². The zero-order valence-electron chi connectivity index (χ0n) is 52.5. The van der Waals surface area contributed by atoms with Crippen molar-refractivity contribution in [3.63, 3.8) is 0 Å². The van der Waals surface area contributed by atoms with Crippen LogP contribution in [0.25, 0.3) is 0 Å². The summed E-state index contributed by atoms with van der Waals surface area (Å²) in [6.45, 7) is 6.71. The highest BCUT2D eigenvalue weighted by Crippen LogP contribution is 2.19. The molecule has 0 radical (unpaired) electrons. The quantitative estimate of drug-likeness (QED) is 0.0261. The minimum atomic E-state index is -0.768. The molecule has 0 aliphatic rings. The third-order valence-corrected chi connectivity index (χ3v) is 16.3. The smallest absolute Gasteiger partial charge is 0.306 e. The molecule has 1 atom stereocenters. The molecule has 6 heteroatoms. The van der Waals surface area contributed by atoms with Crippen molar-refractivity contribution in [3.05, 3.63) is 12.2 Å². The molecule has 77 heavy (non-hydrogen) atoms. The zero-order chi connectivity index (χ0) is 55.7. The van der Waals surface area contributed by atoms with E-state index in [2.05, 4.69) is 32.9 Å². The largest absolute Gasteiger partial charge is 0.462 e. The minimum absolute atomic E-state index is 0.0651. The summed E-state index contributed by atoms with van der Waals surface area (Å²) in [6.07, 6.45) is 79.6. The number of allylic oxidation sites excluding steroid dienone is 2. The number of carbonyl (C=O) groups is 3. The van der Waals surface area contributed by atoms with E-state index in [1.807, 2.05) is 0 Å². The summed E-state index contributed by atoms with van der Waals surface area (Å²) in [6, 6.07) is 0. The van der Waals surface area contributed by atoms with Crippen LogP contribution in [0.3, 0.4) is 0 Å². The Morgan fingerprint density at radius 2 is 0.429 bits per heavy atom. The second kappa shape index (κ2) is 66.7. The van der Waals surface area contributed by atoms with Gasteiger partial charge in [-0.3, -0.25) is 14.4 Å². The highest BCUT2D eigenvalue weighted by molar-refractivity contribution is 5.71. The van der Waals surface area contributed by atoms with Crippen molar-refractivity contribution in [1.29, 1.82) is 0 Å². The first kappa shape index (κ1) is 75.2. The van der Waals surface area contributed by atoms with Crippen LogP contribution in [0.4, 0.5) is 0 Å². The van der Waals surface area contributed by atoms with Crippen LogP contribution >= 0.6 is 0 Å². The van der Waals surface area contributed by atoms with Crippen molar-refractivity contribution in [2.45, 2.75) is 412 Å². The lowest BCUT2D eigenvalue weighted by molar-refractivity contribution is -0.167. The molecule has 0 bridgehead atoms. The Hall–Kier alpha value is -1.85. The fourth-order valence-electron chi connectivity index (χ4n) is 11.0. The van der Waals surface area contributed by atoms with Gasteiger partial charge in [-0.15, -0.1) is 0 Å². The number of esters is 3. The highest BCUT2D eigenvalue weighted by atomic mass is 16.6. The van der Waals surface area contributed by atoms with Gasteiger partial charge in [-0.1, -0.05) is 354 Å². The average molecular weight is 1090 g/mol. The summed E-state index contributed by atoms with van der Waals surface area (Å²) >= 11 is 0. The monoisotopic (exact) mass is 1090 g/mol. The Kier molecular flexibility index (Phi) is 65.1. The fraction of sp³-hybridized carbons (Fsp3) is 0.930. The van der Waals surface area contributed by atoms with Gasteiger partial charge in [0.15, 0.2) is 6.10 Å². The highest BCUT2D eigenvalue weighted by Gasteiger charge is 2.19. The molecule has 0 aromatic carbocycles. The Morgan fingerprint density at radius 1 is 0.247 bits per heavy atom. The SMILES string of the molecule is CCCCCCCC/C=C\CCCCCCCCCC(=O)OC(COC(=O)CCCCCCCCCCCCCCC)COC(=O)CCCCCCCCCCCCCCCCCCCCCCCCCCCCCCC. The van der Waals surface area contributed by atoms with E-state index in [4.69, 9.17) is 14.2 Å². The predicted molar refractivity (Wildman–Crippen MR) is 335 cm³/mol. The first-order chi connectivity index (χ1) is 38.0. The number of rotatable bonds is 66. The average Bonchev–Trinajstić information content (AvgIpc) is 3.43. The summed E-state index contributed by atoms with van der Waals surface area (Å²) in [4.78, 5) is 38.3. The van der Waals surface area contributed by atoms with Gasteiger partial charge in [0.25, 0.3) is 0 Å². The van der Waals surface area contributed by atoms with Crippen LogP contribution in [-0.2, 0) is 28.6 Å². The van der Waals surface area contributed by atoms with Gasteiger partial charge in [0.1, 0.15) is 13.2 Å². The molecule has 0 N–H and O–H groups in total. The van der Waals surface area contributed by atoms with Crippen molar-refractivity contribution in [3.8, 4) is 0 Å². The molecule has 0 aliphatic carbocycles. The lowest BCUT2D eigenvalue weighted by Gasteiger charge is -2.18. The van der Waals surface area contributed by atoms with Crippen molar-refractivity contribution < 1.29 is 28.6 Å². The van der Waals surface area contributed by atoms with E-state index >= 15 is 0 Å². The van der Waals surface area contributed by atoms with Crippen LogP contribution in [0.2, 0.25) is 0 Å². The first-order valence-corrected chi connectivity index (χ1v) is 35.2. The third kappa shape index (κ3) is 64.9. The molecule has 0 heterocycles. The molecular weight excluding hydrogens is 949 g/mol. The molecule has 0 fully saturated rings. The molecule has 0 aliphatic heterocycles. The van der Waals surface area contributed by atoms with Crippen LogP contribution in [0.1, 0.15) is 406 Å². The van der Waals surface area contributed by atoms with Gasteiger partial charge in [0.2, 0.25) is 0 Å². The van der Waals surface area contributed by atoms with E-state index in [0.717, 1.165) is 57.8 Å². The van der Waals surface area contributed by atoms with Crippen LogP contribution in [0.5, 0.6) is 0 Å². The van der Waals surface area contributed by atoms with Gasteiger partial charge in [-0.05, 0) is 44.9 Å². The Balaban J connectivity index is 4.14. The van der Waals surface area contributed by atoms with Crippen LogP contribution in [0.15, 0.2) is 12.2 Å². The molecule has 0 saturated carbocycles. The maximum atomic E-state index is 12.9. The summed E-state index contributed by atoms with van der Waals surface area (Å²) in [5.74, 6) is -0.837. The van der Waals surface area contributed by atoms with Gasteiger partial charge in [-0.2, -0.15) is 0 Å². The van der Waals surface area contributed by atoms with Crippen molar-refractivity contribution in [1.82, 2.24) is 0 Å². The van der Waals surface area contributed by atoms with E-state index in [1.165, 1.54) is 308 Å². The Labute approximate surface area is 481 Å². The molecule has 0 rings (SSSR count). The summed E-state index contributed by atoms with van der Waals surface area (Å²) in [5.41, 5.74) is 0. The van der Waals surface area contributed by atoms with E-state index in [1.54, 1.807) is 0 Å². The predicted octanol–water partition coefficient (Wildman–Crippen LogP) is 24.0. The fourth-order valence-corrected chi connectivity index (χ4v) is 11.0. The molecule has 0 aromatic rings. The first-order valence-electron chi connectivity index (χ1n) is 35.2. The summed E-state index contributed by atoms with van der Waals surface area (Å²) in [7, 11) is 0. The molecule has 456 valence electrons. The maximum Gasteiger partial charge on any atom is 0.306 e. The number of carbonyl (C=O) groups excluding carboxylic acids is 3. The minimum Gasteiger partial charge on any atom is -0.462 e. The van der Waals surface area contributed by atoms with Crippen LogP contribution < -0.4 is 0 Å². The Morgan fingerprint density at radius 3 is 0.649 bits per heavy atom.